The van der Waals surface area contributed by atoms with Crippen LogP contribution in [0.15, 0.2) is 229 Å². The highest BCUT2D eigenvalue weighted by atomic mass is 16.3. The van der Waals surface area contributed by atoms with Crippen molar-refractivity contribution in [1.82, 2.24) is 0 Å². The first-order valence-electron chi connectivity index (χ1n) is 20.6. The van der Waals surface area contributed by atoms with Gasteiger partial charge in [-0.3, -0.25) is 0 Å². The molecule has 0 bridgehead atoms. The van der Waals surface area contributed by atoms with Crippen LogP contribution in [0.25, 0.3) is 98.4 Å². The molecule has 11 aromatic carbocycles. The van der Waals surface area contributed by atoms with Crippen molar-refractivity contribution in [3.63, 3.8) is 0 Å². The number of hydrogen-bond acceptors (Lipinski definition) is 2. The molecule has 0 saturated heterocycles. The molecule has 0 aliphatic carbocycles. The van der Waals surface area contributed by atoms with Crippen molar-refractivity contribution in [2.24, 2.45) is 0 Å². The Bertz CT molecular complexity index is 3580. The van der Waals surface area contributed by atoms with Gasteiger partial charge in [-0.05, 0) is 108 Å². The maximum atomic E-state index is 6.89. The van der Waals surface area contributed by atoms with Crippen molar-refractivity contribution < 1.29 is 4.42 Å². The van der Waals surface area contributed by atoms with Crippen LogP contribution >= 0.6 is 0 Å². The maximum absolute atomic E-state index is 6.89. The fourth-order valence-electron chi connectivity index (χ4n) is 9.41. The Hall–Kier alpha value is -7.94. The predicted molar refractivity (Wildman–Crippen MR) is 255 cm³/mol. The Kier molecular flexibility index (Phi) is 7.89. The molecule has 0 saturated carbocycles. The van der Waals surface area contributed by atoms with Crippen LogP contribution in [-0.4, -0.2) is 0 Å². The molecular weight excluding hydrogens is 727 g/mol. The summed E-state index contributed by atoms with van der Waals surface area (Å²) < 4.78 is 6.89. The van der Waals surface area contributed by atoms with Gasteiger partial charge in [0.15, 0.2) is 0 Å². The van der Waals surface area contributed by atoms with Crippen LogP contribution in [0, 0.1) is 0 Å². The predicted octanol–water partition coefficient (Wildman–Crippen LogP) is 16.7. The van der Waals surface area contributed by atoms with Crippen LogP contribution in [0.2, 0.25) is 0 Å². The zero-order chi connectivity index (χ0) is 39.6. The molecule has 0 aliphatic heterocycles. The van der Waals surface area contributed by atoms with Gasteiger partial charge in [0.25, 0.3) is 0 Å². The number of furan rings is 1. The van der Waals surface area contributed by atoms with Crippen LogP contribution in [0.1, 0.15) is 0 Å². The van der Waals surface area contributed by atoms with Crippen LogP contribution in [0.4, 0.5) is 17.1 Å². The summed E-state index contributed by atoms with van der Waals surface area (Å²) in [5.41, 5.74) is 11.9. The normalized spacial score (nSPS) is 11.7. The SMILES string of the molecule is c1ccc(-c2ccc(-c3ccc(N(c4ccc(-c5cc6ccccc6c6ccccc56)cc4)c4cccc5c4ccc4ccccc45)c4c3oc3ccccc34)cc2)cc1. The van der Waals surface area contributed by atoms with Gasteiger partial charge in [0.2, 0.25) is 0 Å². The van der Waals surface area contributed by atoms with E-state index in [2.05, 4.69) is 229 Å². The zero-order valence-corrected chi connectivity index (χ0v) is 32.7. The van der Waals surface area contributed by atoms with Gasteiger partial charge in [-0.1, -0.05) is 182 Å². The van der Waals surface area contributed by atoms with Gasteiger partial charge in [0, 0.05) is 22.0 Å². The summed E-state index contributed by atoms with van der Waals surface area (Å²) in [6.07, 6.45) is 0. The number of fused-ring (bicyclic) bond motifs is 9. The molecule has 0 fully saturated rings. The third-order valence-electron chi connectivity index (χ3n) is 12.3. The van der Waals surface area contributed by atoms with Crippen LogP contribution < -0.4 is 4.90 Å². The average molecular weight is 764 g/mol. The second kappa shape index (κ2) is 13.9. The molecule has 0 spiro atoms. The Labute approximate surface area is 347 Å². The molecule has 1 aromatic heterocycles. The number of para-hydroxylation sites is 1. The van der Waals surface area contributed by atoms with Gasteiger partial charge < -0.3 is 9.32 Å². The summed E-state index contributed by atoms with van der Waals surface area (Å²) in [5.74, 6) is 0. The molecule has 0 amide bonds. The van der Waals surface area contributed by atoms with E-state index in [1.807, 2.05) is 0 Å². The van der Waals surface area contributed by atoms with Gasteiger partial charge in [-0.25, -0.2) is 0 Å². The molecule has 0 aliphatic rings. The van der Waals surface area contributed by atoms with E-state index in [1.54, 1.807) is 0 Å². The van der Waals surface area contributed by atoms with Crippen molar-refractivity contribution >= 4 is 82.1 Å². The quantitative estimate of drug-likeness (QED) is 0.157. The Balaban J connectivity index is 1.09. The highest BCUT2D eigenvalue weighted by Gasteiger charge is 2.24. The minimum Gasteiger partial charge on any atom is -0.455 e. The van der Waals surface area contributed by atoms with Crippen LogP contribution in [-0.2, 0) is 0 Å². The van der Waals surface area contributed by atoms with E-state index in [0.717, 1.165) is 50.1 Å². The van der Waals surface area contributed by atoms with Gasteiger partial charge >= 0.3 is 0 Å². The molecule has 0 atom stereocenters. The van der Waals surface area contributed by atoms with E-state index in [-0.39, 0.29) is 0 Å². The topological polar surface area (TPSA) is 16.4 Å². The largest absolute Gasteiger partial charge is 0.455 e. The van der Waals surface area contributed by atoms with Crippen molar-refractivity contribution in [3.8, 4) is 33.4 Å². The molecule has 2 nitrogen and oxygen atoms in total. The summed E-state index contributed by atoms with van der Waals surface area (Å²) >= 11 is 0. The second-order valence-corrected chi connectivity index (χ2v) is 15.6. The van der Waals surface area contributed by atoms with Crippen molar-refractivity contribution in [2.45, 2.75) is 0 Å². The smallest absolute Gasteiger partial charge is 0.145 e. The Morgan fingerprint density at radius 3 is 1.67 bits per heavy atom. The minimum atomic E-state index is 0.865. The summed E-state index contributed by atoms with van der Waals surface area (Å²) in [4.78, 5) is 2.44. The summed E-state index contributed by atoms with van der Waals surface area (Å²) in [6, 6.07) is 81.2. The second-order valence-electron chi connectivity index (χ2n) is 15.6. The summed E-state index contributed by atoms with van der Waals surface area (Å²) in [5, 5.41) is 12.1. The van der Waals surface area contributed by atoms with Crippen molar-refractivity contribution in [3.05, 3.63) is 224 Å². The van der Waals surface area contributed by atoms with Gasteiger partial charge in [-0.2, -0.15) is 0 Å². The number of hydrogen-bond donors (Lipinski definition) is 0. The molecule has 0 radical (unpaired) electrons. The molecular formula is C58H37NO. The molecule has 2 heteroatoms. The Morgan fingerprint density at radius 1 is 0.300 bits per heavy atom. The first-order chi connectivity index (χ1) is 29.8. The fourth-order valence-corrected chi connectivity index (χ4v) is 9.41. The number of anilines is 3. The van der Waals surface area contributed by atoms with Crippen LogP contribution in [0.3, 0.4) is 0 Å². The third kappa shape index (κ3) is 5.50. The van der Waals surface area contributed by atoms with Crippen molar-refractivity contribution in [1.29, 1.82) is 0 Å². The zero-order valence-electron chi connectivity index (χ0n) is 32.7. The molecule has 12 rings (SSSR count). The Morgan fingerprint density at radius 2 is 0.867 bits per heavy atom. The molecule has 12 aromatic rings. The monoisotopic (exact) mass is 763 g/mol. The summed E-state index contributed by atoms with van der Waals surface area (Å²) in [7, 11) is 0. The standard InChI is InChI=1S/C58H37NO/c1-2-13-38(14-3-1)39-25-27-41(28-26-39)47-35-36-55(57-52-21-10-11-24-56(52)60-58(47)57)59(54-23-12-22-49-45-17-6-4-15-40(45)31-34-51(49)54)44-32-29-42(30-33-44)53-37-43-16-5-7-18-46(43)48-19-8-9-20-50(48)53/h1-37H. The molecule has 0 unspecified atom stereocenters. The van der Waals surface area contributed by atoms with E-state index in [4.69, 9.17) is 4.42 Å². The first kappa shape index (κ1) is 34.1. The third-order valence-corrected chi connectivity index (χ3v) is 12.3. The van der Waals surface area contributed by atoms with Crippen molar-refractivity contribution in [2.75, 3.05) is 4.90 Å². The highest BCUT2D eigenvalue weighted by molar-refractivity contribution is 6.20. The number of rotatable bonds is 6. The van der Waals surface area contributed by atoms with Gasteiger partial charge in [0.05, 0.1) is 16.8 Å². The molecule has 0 N–H and O–H groups in total. The van der Waals surface area contributed by atoms with E-state index in [1.165, 1.54) is 65.3 Å². The molecule has 60 heavy (non-hydrogen) atoms. The lowest BCUT2D eigenvalue weighted by Gasteiger charge is -2.28. The van der Waals surface area contributed by atoms with Crippen LogP contribution in [0.5, 0.6) is 0 Å². The molecule has 1 heterocycles. The first-order valence-corrected chi connectivity index (χ1v) is 20.6. The average Bonchev–Trinajstić information content (AvgIpc) is 3.72. The fraction of sp³-hybridized carbons (Fsp3) is 0. The maximum Gasteiger partial charge on any atom is 0.145 e. The number of benzene rings is 11. The highest BCUT2D eigenvalue weighted by Crippen LogP contribution is 2.48. The molecule has 280 valence electrons. The number of nitrogens with zero attached hydrogens (tertiary/aromatic N) is 1. The lowest BCUT2D eigenvalue weighted by molar-refractivity contribution is 0.670. The lowest BCUT2D eigenvalue weighted by Crippen LogP contribution is -2.11. The van der Waals surface area contributed by atoms with E-state index < -0.39 is 0 Å². The van der Waals surface area contributed by atoms with Gasteiger partial charge in [0.1, 0.15) is 11.2 Å². The minimum absolute atomic E-state index is 0.865. The van der Waals surface area contributed by atoms with Gasteiger partial charge in [-0.15, -0.1) is 0 Å². The van der Waals surface area contributed by atoms with E-state index in [0.29, 0.717) is 0 Å². The van der Waals surface area contributed by atoms with E-state index in [9.17, 15) is 0 Å². The lowest BCUT2D eigenvalue weighted by atomic mass is 9.93. The van der Waals surface area contributed by atoms with E-state index >= 15 is 0 Å². The summed E-state index contributed by atoms with van der Waals surface area (Å²) in [6.45, 7) is 0.